The minimum Gasteiger partial charge on any atom is -0.372 e. The third-order valence-corrected chi connectivity index (χ3v) is 5.63. The van der Waals surface area contributed by atoms with Crippen molar-refractivity contribution in [1.82, 2.24) is 15.2 Å². The number of pyridine rings is 1. The highest BCUT2D eigenvalue weighted by atomic mass is 35.5. The molecule has 1 saturated carbocycles. The fourth-order valence-electron chi connectivity index (χ4n) is 3.89. The van der Waals surface area contributed by atoms with Gasteiger partial charge in [-0.15, -0.1) is 0 Å². The van der Waals surface area contributed by atoms with Crippen LogP contribution in [0.5, 0.6) is 0 Å². The minimum absolute atomic E-state index is 0.0182. The average Bonchev–Trinajstić information content (AvgIpc) is 3.08. The second-order valence-electron chi connectivity index (χ2n) is 7.25. The topological polar surface area (TPSA) is 71.5 Å². The van der Waals surface area contributed by atoms with Crippen LogP contribution >= 0.6 is 11.6 Å². The fraction of sp³-hybridized carbons (Fsp3) is 0.611. The third kappa shape index (κ3) is 3.65. The van der Waals surface area contributed by atoms with Gasteiger partial charge in [-0.2, -0.15) is 0 Å². The van der Waals surface area contributed by atoms with Crippen molar-refractivity contribution in [1.29, 1.82) is 0 Å². The molecule has 1 aromatic heterocycles. The number of halogens is 1. The van der Waals surface area contributed by atoms with Crippen LogP contribution in [0.15, 0.2) is 18.2 Å². The van der Waals surface area contributed by atoms with Crippen LogP contribution in [0.2, 0.25) is 5.15 Å². The first-order valence-electron chi connectivity index (χ1n) is 8.95. The van der Waals surface area contributed by atoms with Gasteiger partial charge in [0.1, 0.15) is 10.8 Å². The summed E-state index contributed by atoms with van der Waals surface area (Å²) >= 11 is 5.87. The Morgan fingerprint density at radius 3 is 2.84 bits per heavy atom. The molecular formula is C18H22ClN3O3. The second-order valence-corrected chi connectivity index (χ2v) is 7.63. The van der Waals surface area contributed by atoms with Crippen LogP contribution in [0, 0.1) is 5.92 Å². The van der Waals surface area contributed by atoms with Gasteiger partial charge in [0.15, 0.2) is 0 Å². The molecule has 0 aromatic carbocycles. The Balaban J connectivity index is 1.28. The Kier molecular flexibility index (Phi) is 4.65. The van der Waals surface area contributed by atoms with Crippen molar-refractivity contribution >= 4 is 23.4 Å². The standard InChI is InChI=1S/C18H22ClN3O3/c19-16-6-2-5-14(21-16)18(24)22-9-11-7-13(25-15(11)10-22)8-17(23)20-12-3-1-4-12/h2,5-6,11-13,15H,1,3-4,7-10H2,(H,20,23)/t11-,13+,15+/m0/s1. The van der Waals surface area contributed by atoms with Gasteiger partial charge in [-0.25, -0.2) is 4.98 Å². The lowest BCUT2D eigenvalue weighted by Crippen LogP contribution is -2.41. The normalized spacial score (nSPS) is 28.5. The Hall–Kier alpha value is -1.66. The highest BCUT2D eigenvalue weighted by molar-refractivity contribution is 6.29. The highest BCUT2D eigenvalue weighted by Gasteiger charge is 2.44. The van der Waals surface area contributed by atoms with Crippen molar-refractivity contribution in [2.75, 3.05) is 13.1 Å². The van der Waals surface area contributed by atoms with E-state index in [4.69, 9.17) is 16.3 Å². The van der Waals surface area contributed by atoms with E-state index in [1.165, 1.54) is 6.42 Å². The number of hydrogen-bond donors (Lipinski definition) is 1. The second kappa shape index (κ2) is 6.92. The molecule has 2 amide bonds. The number of nitrogens with zero attached hydrogens (tertiary/aromatic N) is 2. The van der Waals surface area contributed by atoms with Crippen molar-refractivity contribution in [2.24, 2.45) is 5.92 Å². The van der Waals surface area contributed by atoms with E-state index >= 15 is 0 Å². The fourth-order valence-corrected chi connectivity index (χ4v) is 4.06. The Morgan fingerprint density at radius 1 is 1.32 bits per heavy atom. The summed E-state index contributed by atoms with van der Waals surface area (Å²) in [6, 6.07) is 5.43. The summed E-state index contributed by atoms with van der Waals surface area (Å²) in [4.78, 5) is 30.4. The number of rotatable bonds is 4. The van der Waals surface area contributed by atoms with Crippen molar-refractivity contribution in [2.45, 2.75) is 50.4 Å². The molecule has 2 saturated heterocycles. The number of amides is 2. The lowest BCUT2D eigenvalue weighted by atomic mass is 9.93. The number of hydrogen-bond acceptors (Lipinski definition) is 4. The smallest absolute Gasteiger partial charge is 0.272 e. The zero-order valence-electron chi connectivity index (χ0n) is 14.0. The molecule has 1 aromatic rings. The summed E-state index contributed by atoms with van der Waals surface area (Å²) in [6.07, 6.45) is 4.64. The zero-order valence-corrected chi connectivity index (χ0v) is 14.7. The molecule has 3 fully saturated rings. The molecule has 1 N–H and O–H groups in total. The van der Waals surface area contributed by atoms with Gasteiger partial charge in [0.05, 0.1) is 18.6 Å². The average molecular weight is 364 g/mol. The van der Waals surface area contributed by atoms with E-state index in [1.807, 2.05) is 0 Å². The largest absolute Gasteiger partial charge is 0.372 e. The molecule has 2 aliphatic heterocycles. The van der Waals surface area contributed by atoms with E-state index in [1.54, 1.807) is 23.1 Å². The number of ether oxygens (including phenoxy) is 1. The van der Waals surface area contributed by atoms with E-state index in [0.717, 1.165) is 19.3 Å². The predicted octanol–water partition coefficient (Wildman–Crippen LogP) is 2.02. The molecule has 0 unspecified atom stereocenters. The van der Waals surface area contributed by atoms with Gasteiger partial charge in [0, 0.05) is 25.0 Å². The summed E-state index contributed by atoms with van der Waals surface area (Å²) in [6.45, 7) is 1.21. The number of fused-ring (bicyclic) bond motifs is 1. The molecule has 0 bridgehead atoms. The molecule has 3 aliphatic rings. The van der Waals surface area contributed by atoms with Crippen LogP contribution in [-0.2, 0) is 9.53 Å². The molecule has 134 valence electrons. The molecule has 1 aliphatic carbocycles. The van der Waals surface area contributed by atoms with Crippen LogP contribution in [-0.4, -0.2) is 53.0 Å². The number of likely N-dealkylation sites (tertiary alicyclic amines) is 1. The van der Waals surface area contributed by atoms with Crippen LogP contribution in [0.4, 0.5) is 0 Å². The number of carbonyl (C=O) groups excluding carboxylic acids is 2. The van der Waals surface area contributed by atoms with E-state index in [0.29, 0.717) is 42.3 Å². The predicted molar refractivity (Wildman–Crippen MR) is 92.3 cm³/mol. The molecule has 0 radical (unpaired) electrons. The Bertz CT molecular complexity index is 665. The van der Waals surface area contributed by atoms with Crippen molar-refractivity contribution < 1.29 is 14.3 Å². The third-order valence-electron chi connectivity index (χ3n) is 5.42. The minimum atomic E-state index is -0.111. The number of aromatic nitrogens is 1. The summed E-state index contributed by atoms with van der Waals surface area (Å²) in [5.74, 6) is 0.273. The van der Waals surface area contributed by atoms with Gasteiger partial charge in [-0.1, -0.05) is 17.7 Å². The van der Waals surface area contributed by atoms with Gasteiger partial charge in [-0.05, 0) is 37.8 Å². The summed E-state index contributed by atoms with van der Waals surface area (Å²) in [5.41, 5.74) is 0.365. The molecule has 6 nitrogen and oxygen atoms in total. The van der Waals surface area contributed by atoms with Crippen molar-refractivity contribution in [3.63, 3.8) is 0 Å². The molecule has 3 heterocycles. The maximum Gasteiger partial charge on any atom is 0.272 e. The van der Waals surface area contributed by atoms with Crippen molar-refractivity contribution in [3.05, 3.63) is 29.0 Å². The first kappa shape index (κ1) is 16.8. The molecular weight excluding hydrogens is 342 g/mol. The maximum atomic E-state index is 12.5. The summed E-state index contributed by atoms with van der Waals surface area (Å²) < 4.78 is 6.03. The number of nitrogens with one attached hydrogen (secondary N) is 1. The van der Waals surface area contributed by atoms with Gasteiger partial charge in [0.2, 0.25) is 5.91 Å². The van der Waals surface area contributed by atoms with Crippen LogP contribution < -0.4 is 5.32 Å². The van der Waals surface area contributed by atoms with Crippen LogP contribution in [0.1, 0.15) is 42.6 Å². The molecule has 0 spiro atoms. The first-order valence-corrected chi connectivity index (χ1v) is 9.33. The maximum absolute atomic E-state index is 12.5. The molecule has 4 rings (SSSR count). The quantitative estimate of drug-likeness (QED) is 0.831. The lowest BCUT2D eigenvalue weighted by Gasteiger charge is -2.27. The molecule has 25 heavy (non-hydrogen) atoms. The molecule has 3 atom stereocenters. The van der Waals surface area contributed by atoms with E-state index in [2.05, 4.69) is 10.3 Å². The number of carbonyl (C=O) groups is 2. The van der Waals surface area contributed by atoms with E-state index in [9.17, 15) is 9.59 Å². The van der Waals surface area contributed by atoms with Gasteiger partial charge >= 0.3 is 0 Å². The van der Waals surface area contributed by atoms with Crippen LogP contribution in [0.3, 0.4) is 0 Å². The first-order chi connectivity index (χ1) is 12.1. The lowest BCUT2D eigenvalue weighted by molar-refractivity contribution is -0.125. The molecule has 7 heteroatoms. The highest BCUT2D eigenvalue weighted by Crippen LogP contribution is 2.35. The zero-order chi connectivity index (χ0) is 17.4. The van der Waals surface area contributed by atoms with Crippen molar-refractivity contribution in [3.8, 4) is 0 Å². The SMILES string of the molecule is O=C(C[C@H]1C[C@H]2CN(C(=O)c3cccc(Cl)n3)C[C@H]2O1)NC1CCC1. The monoisotopic (exact) mass is 363 g/mol. The van der Waals surface area contributed by atoms with E-state index in [-0.39, 0.29) is 24.0 Å². The Morgan fingerprint density at radius 2 is 2.16 bits per heavy atom. The van der Waals surface area contributed by atoms with Gasteiger partial charge in [-0.3, -0.25) is 9.59 Å². The van der Waals surface area contributed by atoms with Gasteiger partial charge < -0.3 is 15.0 Å². The van der Waals surface area contributed by atoms with Gasteiger partial charge in [0.25, 0.3) is 5.91 Å². The van der Waals surface area contributed by atoms with Crippen LogP contribution in [0.25, 0.3) is 0 Å². The Labute approximate surface area is 151 Å². The summed E-state index contributed by atoms with van der Waals surface area (Å²) in [7, 11) is 0. The van der Waals surface area contributed by atoms with E-state index < -0.39 is 0 Å². The summed E-state index contributed by atoms with van der Waals surface area (Å²) in [5, 5.41) is 3.38.